The molecule has 23 heavy (non-hydrogen) atoms. The van der Waals surface area contributed by atoms with Crippen molar-refractivity contribution in [2.45, 2.75) is 58.8 Å². The number of benzene rings is 1. The van der Waals surface area contributed by atoms with E-state index in [9.17, 15) is 0 Å². The zero-order valence-electron chi connectivity index (χ0n) is 15.0. The van der Waals surface area contributed by atoms with E-state index in [1.54, 1.807) is 0 Å². The fourth-order valence-corrected chi connectivity index (χ4v) is 3.74. The van der Waals surface area contributed by atoms with Gasteiger partial charge in [-0.3, -0.25) is 0 Å². The lowest BCUT2D eigenvalue weighted by molar-refractivity contribution is 0.234. The highest BCUT2D eigenvalue weighted by atomic mass is 35.5. The number of rotatable bonds is 7. The predicted molar refractivity (Wildman–Crippen MR) is 99.7 cm³/mol. The van der Waals surface area contributed by atoms with E-state index in [1.165, 1.54) is 50.8 Å². The summed E-state index contributed by atoms with van der Waals surface area (Å²) >= 11 is 6.31. The van der Waals surface area contributed by atoms with Crippen molar-refractivity contribution in [3.05, 3.63) is 28.8 Å². The van der Waals surface area contributed by atoms with Crippen LogP contribution < -0.4 is 4.74 Å². The van der Waals surface area contributed by atoms with E-state index in [1.807, 2.05) is 19.1 Å². The van der Waals surface area contributed by atoms with Gasteiger partial charge in [0.25, 0.3) is 0 Å². The largest absolute Gasteiger partial charge is 0.494 e. The third kappa shape index (κ3) is 5.39. The lowest BCUT2D eigenvalue weighted by Crippen LogP contribution is -2.32. The summed E-state index contributed by atoms with van der Waals surface area (Å²) in [6.45, 7) is 11.0. The number of nitrogens with zero attached hydrogens (tertiary/aromatic N) is 1. The molecule has 2 rings (SSSR count). The van der Waals surface area contributed by atoms with Gasteiger partial charge in [0.2, 0.25) is 0 Å². The Labute approximate surface area is 147 Å². The van der Waals surface area contributed by atoms with Crippen molar-refractivity contribution in [1.82, 2.24) is 4.90 Å². The summed E-state index contributed by atoms with van der Waals surface area (Å²) in [5.41, 5.74) is 1.29. The molecule has 1 aliphatic heterocycles. The molecule has 0 aliphatic carbocycles. The van der Waals surface area contributed by atoms with Crippen molar-refractivity contribution < 1.29 is 4.74 Å². The minimum atomic E-state index is 0.485. The van der Waals surface area contributed by atoms with Crippen LogP contribution in [0.15, 0.2) is 18.2 Å². The molecule has 0 amide bonds. The molecule has 1 heterocycles. The van der Waals surface area contributed by atoms with E-state index in [0.29, 0.717) is 18.4 Å². The second-order valence-electron chi connectivity index (χ2n) is 6.82. The van der Waals surface area contributed by atoms with E-state index >= 15 is 0 Å². The van der Waals surface area contributed by atoms with Gasteiger partial charge in [-0.1, -0.05) is 44.7 Å². The van der Waals surface area contributed by atoms with Crippen LogP contribution in [0.5, 0.6) is 5.75 Å². The average molecular weight is 338 g/mol. The van der Waals surface area contributed by atoms with Gasteiger partial charge in [-0.2, -0.15) is 0 Å². The molecule has 2 atom stereocenters. The second kappa shape index (κ2) is 9.54. The Bertz CT molecular complexity index is 469. The smallest absolute Gasteiger partial charge is 0.122 e. The van der Waals surface area contributed by atoms with E-state index in [4.69, 9.17) is 16.3 Å². The fraction of sp³-hybridized carbons (Fsp3) is 0.700. The van der Waals surface area contributed by atoms with Gasteiger partial charge in [0.15, 0.2) is 0 Å². The number of halogens is 1. The molecule has 0 bridgehead atoms. The van der Waals surface area contributed by atoms with E-state index in [2.05, 4.69) is 24.8 Å². The summed E-state index contributed by atoms with van der Waals surface area (Å²) in [4.78, 5) is 2.65. The van der Waals surface area contributed by atoms with Gasteiger partial charge in [-0.25, -0.2) is 0 Å². The summed E-state index contributed by atoms with van der Waals surface area (Å²) in [5.74, 6) is 2.12. The molecular weight excluding hydrogens is 306 g/mol. The first kappa shape index (κ1) is 18.6. The van der Waals surface area contributed by atoms with Crippen LogP contribution in [-0.4, -0.2) is 31.1 Å². The van der Waals surface area contributed by atoms with Crippen LogP contribution in [0.3, 0.4) is 0 Å². The third-order valence-corrected chi connectivity index (χ3v) is 5.39. The predicted octanol–water partition coefficient (Wildman–Crippen LogP) is 5.74. The first-order valence-electron chi connectivity index (χ1n) is 9.30. The molecule has 0 saturated carbocycles. The molecule has 3 heteroatoms. The minimum Gasteiger partial charge on any atom is -0.494 e. The van der Waals surface area contributed by atoms with E-state index < -0.39 is 0 Å². The minimum absolute atomic E-state index is 0.485. The summed E-state index contributed by atoms with van der Waals surface area (Å²) in [6, 6.07) is 6.11. The summed E-state index contributed by atoms with van der Waals surface area (Å²) < 4.78 is 5.90. The second-order valence-corrected chi connectivity index (χ2v) is 7.26. The Hall–Kier alpha value is -0.730. The molecule has 0 N–H and O–H groups in total. The van der Waals surface area contributed by atoms with Crippen molar-refractivity contribution in [3.8, 4) is 5.75 Å². The van der Waals surface area contributed by atoms with Gasteiger partial charge < -0.3 is 9.64 Å². The number of likely N-dealkylation sites (tertiary alicyclic amines) is 1. The SMILES string of the molecule is CCOc1ccc(Cl)cc1C(CN1CCCCCC1)C(C)CC. The van der Waals surface area contributed by atoms with Crippen LogP contribution in [0.25, 0.3) is 0 Å². The first-order valence-corrected chi connectivity index (χ1v) is 9.68. The highest BCUT2D eigenvalue weighted by Gasteiger charge is 2.25. The average Bonchev–Trinajstić information content (AvgIpc) is 2.82. The van der Waals surface area contributed by atoms with Crippen molar-refractivity contribution in [2.24, 2.45) is 5.92 Å². The van der Waals surface area contributed by atoms with Gasteiger partial charge in [0, 0.05) is 23.0 Å². The van der Waals surface area contributed by atoms with Gasteiger partial charge in [0.05, 0.1) is 6.61 Å². The molecule has 0 spiro atoms. The van der Waals surface area contributed by atoms with Crippen LogP contribution in [0.2, 0.25) is 5.02 Å². The van der Waals surface area contributed by atoms with Crippen molar-refractivity contribution in [3.63, 3.8) is 0 Å². The summed E-state index contributed by atoms with van der Waals surface area (Å²) in [6.07, 6.45) is 6.61. The normalized spacial score (nSPS) is 19.1. The van der Waals surface area contributed by atoms with E-state index in [0.717, 1.165) is 17.3 Å². The Morgan fingerprint density at radius 1 is 1.13 bits per heavy atom. The quantitative estimate of drug-likeness (QED) is 0.628. The zero-order chi connectivity index (χ0) is 16.7. The van der Waals surface area contributed by atoms with Crippen LogP contribution in [0, 0.1) is 5.92 Å². The maximum Gasteiger partial charge on any atom is 0.122 e. The molecule has 1 saturated heterocycles. The third-order valence-electron chi connectivity index (χ3n) is 5.16. The van der Waals surface area contributed by atoms with Crippen molar-refractivity contribution >= 4 is 11.6 Å². The number of ether oxygens (including phenoxy) is 1. The molecular formula is C20H32ClNO. The Kier molecular flexibility index (Phi) is 7.72. The molecule has 2 unspecified atom stereocenters. The standard InChI is InChI=1S/C20H32ClNO/c1-4-16(3)19(15-22-12-8-6-7-9-13-22)18-14-17(21)10-11-20(18)23-5-2/h10-11,14,16,19H,4-9,12-13,15H2,1-3H3. The van der Waals surface area contributed by atoms with Crippen LogP contribution >= 0.6 is 11.6 Å². The molecule has 1 aliphatic rings. The molecule has 1 aromatic carbocycles. The molecule has 2 nitrogen and oxygen atoms in total. The van der Waals surface area contributed by atoms with Crippen LogP contribution in [-0.2, 0) is 0 Å². The maximum absolute atomic E-state index is 6.31. The Balaban J connectivity index is 2.25. The summed E-state index contributed by atoms with van der Waals surface area (Å²) in [7, 11) is 0. The van der Waals surface area contributed by atoms with Gasteiger partial charge in [-0.15, -0.1) is 0 Å². The molecule has 130 valence electrons. The molecule has 1 aromatic rings. The topological polar surface area (TPSA) is 12.5 Å². The lowest BCUT2D eigenvalue weighted by atomic mass is 9.84. The molecule has 1 fully saturated rings. The van der Waals surface area contributed by atoms with Crippen LogP contribution in [0.4, 0.5) is 0 Å². The lowest BCUT2D eigenvalue weighted by Gasteiger charge is -2.31. The van der Waals surface area contributed by atoms with Crippen molar-refractivity contribution in [1.29, 1.82) is 0 Å². The van der Waals surface area contributed by atoms with Crippen LogP contribution in [0.1, 0.15) is 64.4 Å². The monoisotopic (exact) mass is 337 g/mol. The fourth-order valence-electron chi connectivity index (χ4n) is 3.56. The van der Waals surface area contributed by atoms with Gasteiger partial charge >= 0.3 is 0 Å². The van der Waals surface area contributed by atoms with Gasteiger partial charge in [0.1, 0.15) is 5.75 Å². The number of hydrogen-bond acceptors (Lipinski definition) is 2. The molecule has 0 radical (unpaired) electrons. The highest BCUT2D eigenvalue weighted by molar-refractivity contribution is 6.30. The van der Waals surface area contributed by atoms with Crippen molar-refractivity contribution in [2.75, 3.05) is 26.2 Å². The first-order chi connectivity index (χ1) is 11.2. The van der Waals surface area contributed by atoms with E-state index in [-0.39, 0.29) is 0 Å². The Morgan fingerprint density at radius 2 is 1.83 bits per heavy atom. The van der Waals surface area contributed by atoms with Gasteiger partial charge in [-0.05, 0) is 57.0 Å². The maximum atomic E-state index is 6.31. The summed E-state index contributed by atoms with van der Waals surface area (Å²) in [5, 5.41) is 0.813. The zero-order valence-corrected chi connectivity index (χ0v) is 15.7. The number of hydrogen-bond donors (Lipinski definition) is 0. The Morgan fingerprint density at radius 3 is 2.43 bits per heavy atom. The molecule has 0 aromatic heterocycles. The highest BCUT2D eigenvalue weighted by Crippen LogP contribution is 2.36.